The van der Waals surface area contributed by atoms with Crippen LogP contribution in [0.3, 0.4) is 0 Å². The number of nitrogens with one attached hydrogen (secondary N) is 1. The zero-order chi connectivity index (χ0) is 16.2. The Morgan fingerprint density at radius 1 is 1.00 bits per heavy atom. The van der Waals surface area contributed by atoms with E-state index in [1.807, 2.05) is 0 Å². The van der Waals surface area contributed by atoms with Crippen LogP contribution in [-0.2, 0) is 0 Å². The number of rotatable bonds is 5. The van der Waals surface area contributed by atoms with E-state index in [0.717, 1.165) is 5.69 Å². The lowest BCUT2D eigenvalue weighted by molar-refractivity contribution is 0.101. The SMILES string of the molecule is CC(=O)c1ccc(NC=CC(=O)c2ccc3c(c2)OCO3)cc1. The van der Waals surface area contributed by atoms with Gasteiger partial charge in [0.1, 0.15) is 0 Å². The second kappa shape index (κ2) is 6.36. The Hall–Kier alpha value is -3.08. The largest absolute Gasteiger partial charge is 0.454 e. The third kappa shape index (κ3) is 3.40. The van der Waals surface area contributed by atoms with Crippen molar-refractivity contribution in [3.05, 3.63) is 65.9 Å². The highest BCUT2D eigenvalue weighted by Crippen LogP contribution is 2.32. The van der Waals surface area contributed by atoms with Crippen molar-refractivity contribution in [1.29, 1.82) is 0 Å². The molecule has 3 rings (SSSR count). The molecule has 0 amide bonds. The predicted octanol–water partition coefficient (Wildman–Crippen LogP) is 3.43. The number of Topliss-reactive ketones (excluding diaryl/α,β-unsaturated/α-hetero) is 1. The van der Waals surface area contributed by atoms with Gasteiger partial charge in [-0.1, -0.05) is 0 Å². The van der Waals surface area contributed by atoms with E-state index in [1.54, 1.807) is 48.7 Å². The first-order valence-corrected chi connectivity index (χ1v) is 7.11. The second-order valence-electron chi connectivity index (χ2n) is 5.04. The summed E-state index contributed by atoms with van der Waals surface area (Å²) >= 11 is 0. The molecule has 0 aromatic heterocycles. The van der Waals surface area contributed by atoms with E-state index in [0.29, 0.717) is 22.6 Å². The van der Waals surface area contributed by atoms with E-state index in [4.69, 9.17) is 9.47 Å². The molecule has 23 heavy (non-hydrogen) atoms. The van der Waals surface area contributed by atoms with Gasteiger partial charge in [0.15, 0.2) is 23.1 Å². The van der Waals surface area contributed by atoms with Crippen molar-refractivity contribution in [3.63, 3.8) is 0 Å². The number of ether oxygens (including phenoxy) is 2. The zero-order valence-electron chi connectivity index (χ0n) is 12.5. The molecule has 0 bridgehead atoms. The summed E-state index contributed by atoms with van der Waals surface area (Å²) in [6, 6.07) is 12.1. The van der Waals surface area contributed by atoms with Gasteiger partial charge in [-0.25, -0.2) is 0 Å². The fourth-order valence-corrected chi connectivity index (χ4v) is 2.16. The summed E-state index contributed by atoms with van der Waals surface area (Å²) in [6.45, 7) is 1.70. The van der Waals surface area contributed by atoms with E-state index in [1.165, 1.54) is 13.0 Å². The van der Waals surface area contributed by atoms with Crippen LogP contribution in [0.25, 0.3) is 0 Å². The minimum atomic E-state index is -0.142. The van der Waals surface area contributed by atoms with E-state index >= 15 is 0 Å². The molecule has 0 saturated heterocycles. The minimum absolute atomic E-state index is 0.0186. The topological polar surface area (TPSA) is 64.6 Å². The van der Waals surface area contributed by atoms with Gasteiger partial charge in [-0.3, -0.25) is 9.59 Å². The number of carbonyl (C=O) groups excluding carboxylic acids is 2. The average molecular weight is 309 g/mol. The Bertz CT molecular complexity index is 778. The summed E-state index contributed by atoms with van der Waals surface area (Å²) < 4.78 is 10.5. The van der Waals surface area contributed by atoms with Gasteiger partial charge in [-0.2, -0.15) is 0 Å². The molecule has 0 unspecified atom stereocenters. The molecule has 0 spiro atoms. The fraction of sp³-hybridized carbons (Fsp3) is 0.111. The van der Waals surface area contributed by atoms with Crippen LogP contribution in [0.15, 0.2) is 54.7 Å². The van der Waals surface area contributed by atoms with Gasteiger partial charge in [0.25, 0.3) is 0 Å². The van der Waals surface area contributed by atoms with Crippen molar-refractivity contribution in [2.45, 2.75) is 6.92 Å². The Labute approximate surface area is 133 Å². The monoisotopic (exact) mass is 309 g/mol. The Kier molecular flexibility index (Phi) is 4.10. The number of benzene rings is 2. The van der Waals surface area contributed by atoms with Crippen molar-refractivity contribution < 1.29 is 19.1 Å². The first kappa shape index (κ1) is 14.8. The van der Waals surface area contributed by atoms with Gasteiger partial charge in [0, 0.05) is 29.1 Å². The van der Waals surface area contributed by atoms with Gasteiger partial charge in [0.05, 0.1) is 0 Å². The molecular weight excluding hydrogens is 294 g/mol. The third-order valence-corrected chi connectivity index (χ3v) is 3.43. The number of fused-ring (bicyclic) bond motifs is 1. The van der Waals surface area contributed by atoms with Crippen molar-refractivity contribution in [2.24, 2.45) is 0 Å². The maximum atomic E-state index is 12.1. The number of allylic oxidation sites excluding steroid dienone is 1. The highest BCUT2D eigenvalue weighted by atomic mass is 16.7. The van der Waals surface area contributed by atoms with Crippen LogP contribution < -0.4 is 14.8 Å². The van der Waals surface area contributed by atoms with Crippen LogP contribution in [0.2, 0.25) is 0 Å². The van der Waals surface area contributed by atoms with E-state index in [9.17, 15) is 9.59 Å². The molecule has 5 nitrogen and oxygen atoms in total. The van der Waals surface area contributed by atoms with Crippen molar-refractivity contribution in [3.8, 4) is 11.5 Å². The van der Waals surface area contributed by atoms with Gasteiger partial charge in [-0.15, -0.1) is 0 Å². The molecule has 1 heterocycles. The van der Waals surface area contributed by atoms with Crippen LogP contribution in [0.4, 0.5) is 5.69 Å². The van der Waals surface area contributed by atoms with Gasteiger partial charge >= 0.3 is 0 Å². The van der Waals surface area contributed by atoms with Crippen LogP contribution in [-0.4, -0.2) is 18.4 Å². The highest BCUT2D eigenvalue weighted by Gasteiger charge is 2.14. The standard InChI is InChI=1S/C18H15NO4/c1-12(20)13-2-5-15(6-3-13)19-9-8-16(21)14-4-7-17-18(10-14)23-11-22-17/h2-10,19H,11H2,1H3. The van der Waals surface area contributed by atoms with Crippen LogP contribution in [0, 0.1) is 0 Å². The molecule has 0 radical (unpaired) electrons. The molecule has 0 aliphatic carbocycles. The van der Waals surface area contributed by atoms with Crippen LogP contribution in [0.1, 0.15) is 27.6 Å². The zero-order valence-corrected chi connectivity index (χ0v) is 12.5. The fourth-order valence-electron chi connectivity index (χ4n) is 2.16. The quantitative estimate of drug-likeness (QED) is 0.677. The number of ketones is 2. The average Bonchev–Trinajstić information content (AvgIpc) is 3.02. The van der Waals surface area contributed by atoms with Gasteiger partial charge in [-0.05, 0) is 49.4 Å². The molecular formula is C18H15NO4. The van der Waals surface area contributed by atoms with E-state index < -0.39 is 0 Å². The minimum Gasteiger partial charge on any atom is -0.454 e. The maximum absolute atomic E-state index is 12.1. The molecule has 5 heteroatoms. The van der Waals surface area contributed by atoms with E-state index in [2.05, 4.69) is 5.32 Å². The summed E-state index contributed by atoms with van der Waals surface area (Å²) in [5.41, 5.74) is 1.97. The third-order valence-electron chi connectivity index (χ3n) is 3.43. The molecule has 0 fully saturated rings. The van der Waals surface area contributed by atoms with Gasteiger partial charge in [0.2, 0.25) is 6.79 Å². The van der Waals surface area contributed by atoms with Crippen LogP contribution in [0.5, 0.6) is 11.5 Å². The van der Waals surface area contributed by atoms with E-state index in [-0.39, 0.29) is 18.4 Å². The molecule has 2 aromatic rings. The Morgan fingerprint density at radius 2 is 1.70 bits per heavy atom. The molecule has 2 aromatic carbocycles. The summed E-state index contributed by atoms with van der Waals surface area (Å²) in [6.07, 6.45) is 3.01. The maximum Gasteiger partial charge on any atom is 0.231 e. The van der Waals surface area contributed by atoms with Crippen LogP contribution >= 0.6 is 0 Å². The Morgan fingerprint density at radius 3 is 2.43 bits per heavy atom. The summed E-state index contributed by atoms with van der Waals surface area (Å²) in [4.78, 5) is 23.3. The number of anilines is 1. The molecule has 116 valence electrons. The number of carbonyl (C=O) groups is 2. The second-order valence-corrected chi connectivity index (χ2v) is 5.04. The number of hydrogen-bond acceptors (Lipinski definition) is 5. The molecule has 0 saturated carbocycles. The van der Waals surface area contributed by atoms with Crippen molar-refractivity contribution in [1.82, 2.24) is 0 Å². The molecule has 1 N–H and O–H groups in total. The molecule has 0 atom stereocenters. The summed E-state index contributed by atoms with van der Waals surface area (Å²) in [5, 5.41) is 3.00. The Balaban J connectivity index is 1.63. The van der Waals surface area contributed by atoms with Crippen molar-refractivity contribution >= 4 is 17.3 Å². The molecule has 1 aliphatic rings. The summed E-state index contributed by atoms with van der Waals surface area (Å²) in [7, 11) is 0. The lowest BCUT2D eigenvalue weighted by Gasteiger charge is -2.02. The van der Waals surface area contributed by atoms with Gasteiger partial charge < -0.3 is 14.8 Å². The van der Waals surface area contributed by atoms with Crippen molar-refractivity contribution in [2.75, 3.05) is 12.1 Å². The first-order valence-electron chi connectivity index (χ1n) is 7.11. The number of hydrogen-bond donors (Lipinski definition) is 1. The highest BCUT2D eigenvalue weighted by molar-refractivity contribution is 6.05. The molecule has 1 aliphatic heterocycles. The smallest absolute Gasteiger partial charge is 0.231 e. The lowest BCUT2D eigenvalue weighted by Crippen LogP contribution is -1.97. The first-order chi connectivity index (χ1) is 11.1. The summed E-state index contributed by atoms with van der Waals surface area (Å²) in [5.74, 6) is 1.10. The normalized spacial score (nSPS) is 12.4. The predicted molar refractivity (Wildman–Crippen MR) is 86.1 cm³/mol. The lowest BCUT2D eigenvalue weighted by atomic mass is 10.1.